The van der Waals surface area contributed by atoms with Gasteiger partial charge in [-0.1, -0.05) is 37.5 Å². The summed E-state index contributed by atoms with van der Waals surface area (Å²) in [7, 11) is -0.493. The van der Waals surface area contributed by atoms with Crippen LogP contribution >= 0.6 is 0 Å². The molecule has 1 fully saturated rings. The first-order chi connectivity index (χ1) is 13.4. The van der Waals surface area contributed by atoms with Crippen LogP contribution in [0.4, 0.5) is 5.69 Å². The number of nitrogens with zero attached hydrogens (tertiary/aromatic N) is 1. The zero-order valence-corrected chi connectivity index (χ0v) is 17.0. The Hall–Kier alpha value is -2.38. The quantitative estimate of drug-likeness (QED) is 0.795. The van der Waals surface area contributed by atoms with Crippen molar-refractivity contribution in [1.82, 2.24) is 4.31 Å². The number of sulfonamides is 1. The summed E-state index contributed by atoms with van der Waals surface area (Å²) < 4.78 is 32.8. The number of carbonyl (C=O) groups excluding carboxylic acids is 1. The van der Waals surface area contributed by atoms with Gasteiger partial charge >= 0.3 is 0 Å². The maximum absolute atomic E-state index is 13.0. The zero-order valence-electron chi connectivity index (χ0n) is 16.2. The number of rotatable bonds is 6. The molecule has 0 aromatic heterocycles. The first kappa shape index (κ1) is 20.4. The van der Waals surface area contributed by atoms with E-state index in [2.05, 4.69) is 5.32 Å². The van der Waals surface area contributed by atoms with Crippen LogP contribution in [0.1, 0.15) is 42.5 Å². The summed E-state index contributed by atoms with van der Waals surface area (Å²) in [6.45, 7) is 0. The van der Waals surface area contributed by atoms with Crippen LogP contribution < -0.4 is 10.1 Å². The third-order valence-corrected chi connectivity index (χ3v) is 7.12. The summed E-state index contributed by atoms with van der Waals surface area (Å²) >= 11 is 0. The van der Waals surface area contributed by atoms with E-state index in [0.29, 0.717) is 11.4 Å². The highest BCUT2D eigenvalue weighted by Crippen LogP contribution is 2.27. The molecule has 1 aliphatic carbocycles. The molecule has 0 heterocycles. The number of methoxy groups -OCH3 is 1. The zero-order chi connectivity index (χ0) is 20.1. The van der Waals surface area contributed by atoms with Crippen LogP contribution in [-0.2, 0) is 10.0 Å². The molecular weight excluding hydrogens is 376 g/mol. The van der Waals surface area contributed by atoms with Gasteiger partial charge in [-0.05, 0) is 43.2 Å². The summed E-state index contributed by atoms with van der Waals surface area (Å²) in [4.78, 5) is 12.8. The predicted octanol–water partition coefficient (Wildman–Crippen LogP) is 3.90. The molecule has 150 valence electrons. The highest BCUT2D eigenvalue weighted by atomic mass is 32.2. The predicted molar refractivity (Wildman–Crippen MR) is 109 cm³/mol. The summed E-state index contributed by atoms with van der Waals surface area (Å²) in [5.74, 6) is 0.151. The van der Waals surface area contributed by atoms with Crippen LogP contribution in [0, 0.1) is 0 Å². The van der Waals surface area contributed by atoms with E-state index in [4.69, 9.17) is 4.74 Å². The topological polar surface area (TPSA) is 75.7 Å². The average molecular weight is 403 g/mol. The minimum absolute atomic E-state index is 0.0183. The van der Waals surface area contributed by atoms with Gasteiger partial charge in [-0.2, -0.15) is 4.31 Å². The normalized spacial score (nSPS) is 15.4. The van der Waals surface area contributed by atoms with Crippen LogP contribution in [0.5, 0.6) is 5.75 Å². The molecule has 7 heteroatoms. The fraction of sp³-hybridized carbons (Fsp3) is 0.381. The van der Waals surface area contributed by atoms with Gasteiger partial charge in [0, 0.05) is 18.7 Å². The maximum Gasteiger partial charge on any atom is 0.255 e. The van der Waals surface area contributed by atoms with Crippen molar-refractivity contribution in [3.63, 3.8) is 0 Å². The Kier molecular flexibility index (Phi) is 6.36. The number of hydrogen-bond acceptors (Lipinski definition) is 4. The highest BCUT2D eigenvalue weighted by Gasteiger charge is 2.29. The van der Waals surface area contributed by atoms with Crippen molar-refractivity contribution in [3.8, 4) is 5.75 Å². The fourth-order valence-electron chi connectivity index (χ4n) is 3.55. The van der Waals surface area contributed by atoms with E-state index in [1.54, 1.807) is 37.4 Å². The van der Waals surface area contributed by atoms with Crippen molar-refractivity contribution < 1.29 is 17.9 Å². The van der Waals surface area contributed by atoms with Gasteiger partial charge < -0.3 is 10.1 Å². The van der Waals surface area contributed by atoms with Gasteiger partial charge in [-0.15, -0.1) is 0 Å². The van der Waals surface area contributed by atoms with E-state index < -0.39 is 10.0 Å². The van der Waals surface area contributed by atoms with Crippen LogP contribution in [0.15, 0.2) is 53.4 Å². The first-order valence-electron chi connectivity index (χ1n) is 9.46. The summed E-state index contributed by atoms with van der Waals surface area (Å²) in [5, 5.41) is 2.78. The van der Waals surface area contributed by atoms with Gasteiger partial charge in [0.25, 0.3) is 5.91 Å². The smallest absolute Gasteiger partial charge is 0.255 e. The Labute approximate surface area is 166 Å². The van der Waals surface area contributed by atoms with E-state index >= 15 is 0 Å². The number of nitrogens with one attached hydrogen (secondary N) is 1. The molecule has 1 aliphatic rings. The molecule has 0 atom stereocenters. The molecule has 28 heavy (non-hydrogen) atoms. The molecule has 0 aliphatic heterocycles. The second-order valence-corrected chi connectivity index (χ2v) is 8.99. The number of benzene rings is 2. The minimum atomic E-state index is -3.65. The van der Waals surface area contributed by atoms with Gasteiger partial charge in [-0.25, -0.2) is 8.42 Å². The molecule has 0 bridgehead atoms. The molecule has 2 aromatic carbocycles. The van der Waals surface area contributed by atoms with E-state index in [9.17, 15) is 13.2 Å². The Morgan fingerprint density at radius 2 is 1.79 bits per heavy atom. The number of carbonyl (C=O) groups is 1. The Morgan fingerprint density at radius 3 is 2.50 bits per heavy atom. The third kappa shape index (κ3) is 4.36. The average Bonchev–Trinajstić information content (AvgIpc) is 2.74. The van der Waals surface area contributed by atoms with Crippen LogP contribution in [-0.4, -0.2) is 38.8 Å². The lowest BCUT2D eigenvalue weighted by Crippen LogP contribution is -2.38. The summed E-state index contributed by atoms with van der Waals surface area (Å²) in [6, 6.07) is 13.3. The number of hydrogen-bond donors (Lipinski definition) is 1. The van der Waals surface area contributed by atoms with Crippen molar-refractivity contribution in [1.29, 1.82) is 0 Å². The van der Waals surface area contributed by atoms with E-state index in [0.717, 1.165) is 32.1 Å². The van der Waals surface area contributed by atoms with Gasteiger partial charge in [0.2, 0.25) is 10.0 Å². The number of anilines is 1. The van der Waals surface area contributed by atoms with Gasteiger partial charge in [-0.3, -0.25) is 4.79 Å². The highest BCUT2D eigenvalue weighted by molar-refractivity contribution is 7.89. The SMILES string of the molecule is COc1ccccc1NC(=O)c1cccc(S(=O)(=O)N(C)C2CCCCC2)c1. The number of amides is 1. The van der Waals surface area contributed by atoms with Gasteiger partial charge in [0.15, 0.2) is 0 Å². The molecule has 2 aromatic rings. The molecule has 6 nitrogen and oxygen atoms in total. The fourth-order valence-corrected chi connectivity index (χ4v) is 5.01. The second-order valence-electron chi connectivity index (χ2n) is 7.00. The van der Waals surface area contributed by atoms with E-state index in [-0.39, 0.29) is 22.4 Å². The lowest BCUT2D eigenvalue weighted by Gasteiger charge is -2.30. The number of ether oxygens (including phenoxy) is 1. The van der Waals surface area contributed by atoms with Crippen LogP contribution in [0.3, 0.4) is 0 Å². The van der Waals surface area contributed by atoms with Crippen molar-refractivity contribution in [2.75, 3.05) is 19.5 Å². The molecule has 0 saturated heterocycles. The Morgan fingerprint density at radius 1 is 1.07 bits per heavy atom. The Bertz CT molecular complexity index is 937. The van der Waals surface area contributed by atoms with Gasteiger partial charge in [0.1, 0.15) is 5.75 Å². The molecule has 1 saturated carbocycles. The molecular formula is C21H26N2O4S. The molecule has 1 N–H and O–H groups in total. The molecule has 1 amide bonds. The van der Waals surface area contributed by atoms with Crippen molar-refractivity contribution in [2.45, 2.75) is 43.0 Å². The van der Waals surface area contributed by atoms with E-state index in [1.165, 1.54) is 23.5 Å². The maximum atomic E-state index is 13.0. The van der Waals surface area contributed by atoms with Crippen LogP contribution in [0.2, 0.25) is 0 Å². The standard InChI is InChI=1S/C21H26N2O4S/c1-23(17-10-4-3-5-11-17)28(25,26)18-12-8-9-16(15-18)21(24)22-19-13-6-7-14-20(19)27-2/h6-9,12-15,17H,3-5,10-11H2,1-2H3,(H,22,24). The van der Waals surface area contributed by atoms with Crippen molar-refractivity contribution in [3.05, 3.63) is 54.1 Å². The lowest BCUT2D eigenvalue weighted by atomic mass is 9.96. The minimum Gasteiger partial charge on any atom is -0.495 e. The third-order valence-electron chi connectivity index (χ3n) is 5.22. The Balaban J connectivity index is 1.82. The summed E-state index contributed by atoms with van der Waals surface area (Å²) in [6.07, 6.45) is 5.01. The van der Waals surface area contributed by atoms with Crippen molar-refractivity contribution >= 4 is 21.6 Å². The van der Waals surface area contributed by atoms with Gasteiger partial charge in [0.05, 0.1) is 17.7 Å². The largest absolute Gasteiger partial charge is 0.495 e. The summed E-state index contributed by atoms with van der Waals surface area (Å²) in [5.41, 5.74) is 0.812. The number of para-hydroxylation sites is 2. The molecule has 0 unspecified atom stereocenters. The van der Waals surface area contributed by atoms with Crippen molar-refractivity contribution in [2.24, 2.45) is 0 Å². The first-order valence-corrected chi connectivity index (χ1v) is 10.9. The molecule has 3 rings (SSSR count). The lowest BCUT2D eigenvalue weighted by molar-refractivity contribution is 0.102. The molecule has 0 spiro atoms. The molecule has 0 radical (unpaired) electrons. The van der Waals surface area contributed by atoms with E-state index in [1.807, 2.05) is 6.07 Å². The van der Waals surface area contributed by atoms with Crippen LogP contribution in [0.25, 0.3) is 0 Å². The monoisotopic (exact) mass is 402 g/mol. The second kappa shape index (κ2) is 8.75.